The molecule has 0 bridgehead atoms. The third-order valence-corrected chi connectivity index (χ3v) is 5.10. The number of carboxylic acids is 1. The molecule has 2 aliphatic rings. The summed E-state index contributed by atoms with van der Waals surface area (Å²) in [6.45, 7) is 2.78. The van der Waals surface area contributed by atoms with E-state index in [4.69, 9.17) is 0 Å². The van der Waals surface area contributed by atoms with Gasteiger partial charge in [0.2, 0.25) is 5.91 Å². The first-order chi connectivity index (χ1) is 11.9. The van der Waals surface area contributed by atoms with Gasteiger partial charge in [0.05, 0.1) is 17.3 Å². The van der Waals surface area contributed by atoms with E-state index in [9.17, 15) is 19.5 Å². The van der Waals surface area contributed by atoms with Crippen molar-refractivity contribution in [1.82, 2.24) is 4.90 Å². The number of aliphatic carboxylic acids is 1. The highest BCUT2D eigenvalue weighted by Gasteiger charge is 2.33. The maximum atomic E-state index is 12.9. The number of fused-ring (bicyclic) bond motifs is 1. The molecule has 2 amide bonds. The molecule has 2 unspecified atom stereocenters. The summed E-state index contributed by atoms with van der Waals surface area (Å²) in [4.78, 5) is 39.7. The van der Waals surface area contributed by atoms with Gasteiger partial charge in [-0.1, -0.05) is 0 Å². The van der Waals surface area contributed by atoms with E-state index in [1.54, 1.807) is 17.0 Å². The van der Waals surface area contributed by atoms with Gasteiger partial charge in [-0.3, -0.25) is 14.4 Å². The number of amides is 2. The molecule has 2 aliphatic heterocycles. The van der Waals surface area contributed by atoms with Crippen molar-refractivity contribution in [2.75, 3.05) is 30.4 Å². The lowest BCUT2D eigenvalue weighted by Gasteiger charge is -2.36. The van der Waals surface area contributed by atoms with Crippen molar-refractivity contribution >= 4 is 29.2 Å². The van der Waals surface area contributed by atoms with Gasteiger partial charge in [0.15, 0.2) is 0 Å². The van der Waals surface area contributed by atoms with E-state index in [0.717, 1.165) is 5.69 Å². The van der Waals surface area contributed by atoms with E-state index in [1.165, 1.54) is 0 Å². The number of hydrogen-bond donors (Lipinski definition) is 2. The maximum absolute atomic E-state index is 12.9. The van der Waals surface area contributed by atoms with Crippen molar-refractivity contribution in [3.05, 3.63) is 23.8 Å². The fourth-order valence-corrected chi connectivity index (χ4v) is 3.46. The van der Waals surface area contributed by atoms with Gasteiger partial charge < -0.3 is 20.2 Å². The van der Waals surface area contributed by atoms with Crippen LogP contribution in [-0.2, 0) is 9.59 Å². The molecule has 1 saturated heterocycles. The van der Waals surface area contributed by atoms with Crippen LogP contribution < -0.4 is 10.2 Å². The number of nitrogens with zero attached hydrogens (tertiary/aromatic N) is 2. The second-order valence-corrected chi connectivity index (χ2v) is 6.87. The molecule has 0 aromatic heterocycles. The summed E-state index contributed by atoms with van der Waals surface area (Å²) in [6.07, 6.45) is 1.66. The van der Waals surface area contributed by atoms with E-state index < -0.39 is 11.9 Å². The quantitative estimate of drug-likeness (QED) is 0.853. The second-order valence-electron chi connectivity index (χ2n) is 6.87. The van der Waals surface area contributed by atoms with Gasteiger partial charge in [-0.05, 0) is 38.0 Å². The zero-order chi connectivity index (χ0) is 18.1. The summed E-state index contributed by atoms with van der Waals surface area (Å²) < 4.78 is 0. The zero-order valence-electron chi connectivity index (χ0n) is 14.5. The SMILES string of the molecule is CC1CCC(C(=O)O)CN1C(=O)c1ccc2c(c1)NC(=O)CCN2C. The van der Waals surface area contributed by atoms with Crippen molar-refractivity contribution in [2.45, 2.75) is 32.2 Å². The van der Waals surface area contributed by atoms with Crippen molar-refractivity contribution in [3.8, 4) is 0 Å². The number of benzene rings is 1. The highest BCUT2D eigenvalue weighted by atomic mass is 16.4. The monoisotopic (exact) mass is 345 g/mol. The molecule has 3 rings (SSSR count). The first-order valence-electron chi connectivity index (χ1n) is 8.55. The van der Waals surface area contributed by atoms with E-state index in [-0.39, 0.29) is 24.4 Å². The van der Waals surface area contributed by atoms with Crippen LogP contribution in [0.15, 0.2) is 18.2 Å². The lowest BCUT2D eigenvalue weighted by Crippen LogP contribution is -2.47. The Kier molecular flexibility index (Phi) is 4.65. The van der Waals surface area contributed by atoms with Gasteiger partial charge in [0.25, 0.3) is 5.91 Å². The van der Waals surface area contributed by atoms with Crippen LogP contribution in [0.4, 0.5) is 11.4 Å². The predicted octanol–water partition coefficient (Wildman–Crippen LogP) is 1.79. The molecule has 0 saturated carbocycles. The molecule has 7 nitrogen and oxygen atoms in total. The van der Waals surface area contributed by atoms with Gasteiger partial charge in [-0.15, -0.1) is 0 Å². The number of carbonyl (C=O) groups excluding carboxylic acids is 2. The maximum Gasteiger partial charge on any atom is 0.308 e. The molecule has 0 radical (unpaired) electrons. The molecule has 1 aromatic rings. The fraction of sp³-hybridized carbons (Fsp3) is 0.500. The Morgan fingerprint density at radius 3 is 2.76 bits per heavy atom. The summed E-state index contributed by atoms with van der Waals surface area (Å²) in [6, 6.07) is 5.26. The molecule has 2 N–H and O–H groups in total. The van der Waals surface area contributed by atoms with Crippen LogP contribution >= 0.6 is 0 Å². The van der Waals surface area contributed by atoms with Gasteiger partial charge in [0.1, 0.15) is 0 Å². The van der Waals surface area contributed by atoms with Crippen molar-refractivity contribution < 1.29 is 19.5 Å². The summed E-state index contributed by atoms with van der Waals surface area (Å²) in [5, 5.41) is 12.1. The average Bonchev–Trinajstić information content (AvgIpc) is 2.72. The summed E-state index contributed by atoms with van der Waals surface area (Å²) in [5.74, 6) is -1.65. The first kappa shape index (κ1) is 17.3. The predicted molar refractivity (Wildman–Crippen MR) is 93.8 cm³/mol. The minimum Gasteiger partial charge on any atom is -0.481 e. The minimum atomic E-state index is -0.861. The highest BCUT2D eigenvalue weighted by Crippen LogP contribution is 2.30. The first-order valence-corrected chi connectivity index (χ1v) is 8.55. The number of likely N-dealkylation sites (tertiary alicyclic amines) is 1. The molecule has 1 aromatic carbocycles. The van der Waals surface area contributed by atoms with Crippen molar-refractivity contribution in [2.24, 2.45) is 5.92 Å². The van der Waals surface area contributed by atoms with E-state index >= 15 is 0 Å². The molecule has 0 aliphatic carbocycles. The van der Waals surface area contributed by atoms with Gasteiger partial charge in [-0.2, -0.15) is 0 Å². The molecule has 25 heavy (non-hydrogen) atoms. The standard InChI is InChI=1S/C18H23N3O4/c1-11-3-4-13(18(24)25)10-21(11)17(23)12-5-6-15-14(9-12)19-16(22)7-8-20(15)2/h5-6,9,11,13H,3-4,7-8,10H2,1-2H3,(H,19,22)(H,24,25). The summed E-state index contributed by atoms with van der Waals surface area (Å²) >= 11 is 0. The Bertz CT molecular complexity index is 718. The number of nitrogens with one attached hydrogen (secondary N) is 1. The Hall–Kier alpha value is -2.57. The van der Waals surface area contributed by atoms with Gasteiger partial charge in [-0.25, -0.2) is 0 Å². The van der Waals surface area contributed by atoms with Crippen LogP contribution in [0.2, 0.25) is 0 Å². The van der Waals surface area contributed by atoms with Crippen LogP contribution in [0.3, 0.4) is 0 Å². The second kappa shape index (κ2) is 6.74. The minimum absolute atomic E-state index is 0.000764. The van der Waals surface area contributed by atoms with Crippen molar-refractivity contribution in [3.63, 3.8) is 0 Å². The van der Waals surface area contributed by atoms with E-state index in [0.29, 0.717) is 37.1 Å². The molecule has 134 valence electrons. The number of rotatable bonds is 2. The summed E-state index contributed by atoms with van der Waals surface area (Å²) in [7, 11) is 1.91. The normalized spacial score (nSPS) is 23.5. The van der Waals surface area contributed by atoms with Crippen LogP contribution in [-0.4, -0.2) is 54.0 Å². The third-order valence-electron chi connectivity index (χ3n) is 5.10. The molecule has 2 atom stereocenters. The third kappa shape index (κ3) is 3.45. The largest absolute Gasteiger partial charge is 0.481 e. The van der Waals surface area contributed by atoms with E-state index in [2.05, 4.69) is 5.32 Å². The Morgan fingerprint density at radius 2 is 2.04 bits per heavy atom. The average molecular weight is 345 g/mol. The van der Waals surface area contributed by atoms with Crippen LogP contribution in [0.1, 0.15) is 36.5 Å². The van der Waals surface area contributed by atoms with Crippen LogP contribution in [0.5, 0.6) is 0 Å². The summed E-state index contributed by atoms with van der Waals surface area (Å²) in [5.41, 5.74) is 1.96. The van der Waals surface area contributed by atoms with E-state index in [1.807, 2.05) is 24.9 Å². The Labute approximate surface area is 146 Å². The molecule has 0 spiro atoms. The highest BCUT2D eigenvalue weighted by molar-refractivity contribution is 6.01. The lowest BCUT2D eigenvalue weighted by atomic mass is 9.93. The van der Waals surface area contributed by atoms with Crippen LogP contribution in [0, 0.1) is 5.92 Å². The Balaban J connectivity index is 1.87. The number of carbonyl (C=O) groups is 3. The smallest absolute Gasteiger partial charge is 0.308 e. The van der Waals surface area contributed by atoms with Crippen LogP contribution in [0.25, 0.3) is 0 Å². The number of hydrogen-bond acceptors (Lipinski definition) is 4. The molecule has 7 heteroatoms. The molecular formula is C18H23N3O4. The number of carboxylic acid groups (broad SMARTS) is 1. The topological polar surface area (TPSA) is 90.0 Å². The molecular weight excluding hydrogens is 322 g/mol. The Morgan fingerprint density at radius 1 is 1.28 bits per heavy atom. The fourth-order valence-electron chi connectivity index (χ4n) is 3.46. The lowest BCUT2D eigenvalue weighted by molar-refractivity contribution is -0.143. The molecule has 1 fully saturated rings. The molecule has 2 heterocycles. The van der Waals surface area contributed by atoms with Gasteiger partial charge in [0, 0.05) is 38.2 Å². The number of piperidine rings is 1. The zero-order valence-corrected chi connectivity index (χ0v) is 14.5. The number of anilines is 2. The van der Waals surface area contributed by atoms with Gasteiger partial charge >= 0.3 is 5.97 Å². The van der Waals surface area contributed by atoms with Crippen molar-refractivity contribution in [1.29, 1.82) is 0 Å².